The Hall–Kier alpha value is -2.57. The number of aryl methyl sites for hydroxylation is 2. The van der Waals surface area contributed by atoms with Crippen molar-refractivity contribution in [2.45, 2.75) is 13.8 Å². The maximum absolute atomic E-state index is 12.5. The van der Waals surface area contributed by atoms with Gasteiger partial charge in [-0.3, -0.25) is 4.79 Å². The number of nitrogens with one attached hydrogen (secondary N) is 1. The van der Waals surface area contributed by atoms with Gasteiger partial charge < -0.3 is 10.4 Å². The molecule has 0 atom stereocenters. The lowest BCUT2D eigenvalue weighted by atomic mass is 10.1. The number of benzene rings is 2. The number of hydrogen-bond donors (Lipinski definition) is 2. The van der Waals surface area contributed by atoms with E-state index in [4.69, 9.17) is 5.11 Å². The molecule has 0 saturated carbocycles. The highest BCUT2D eigenvalue weighted by Gasteiger charge is 2.12. The maximum atomic E-state index is 12.5. The molecule has 1 amide bonds. The summed E-state index contributed by atoms with van der Waals surface area (Å²) in [5.41, 5.74) is 3.97. The molecule has 0 bridgehead atoms. The fourth-order valence-corrected chi connectivity index (χ4v) is 2.12. The van der Waals surface area contributed by atoms with Crippen LogP contribution in [0, 0.1) is 25.7 Å². The average molecular weight is 279 g/mol. The number of carbonyl (C=O) groups excluding carboxylic acids is 1. The molecular weight excluding hydrogens is 262 g/mol. The first-order valence-corrected chi connectivity index (χ1v) is 6.70. The summed E-state index contributed by atoms with van der Waals surface area (Å²) in [4.78, 5) is 12.5. The molecule has 2 N–H and O–H groups in total. The van der Waals surface area contributed by atoms with Crippen molar-refractivity contribution >= 4 is 11.6 Å². The molecule has 2 rings (SSSR count). The summed E-state index contributed by atoms with van der Waals surface area (Å²) in [5.74, 6) is 5.17. The molecule has 2 aromatic rings. The average Bonchev–Trinajstić information content (AvgIpc) is 2.49. The van der Waals surface area contributed by atoms with Gasteiger partial charge in [-0.25, -0.2) is 0 Å². The number of amides is 1. The lowest BCUT2D eigenvalue weighted by molar-refractivity contribution is 0.102. The van der Waals surface area contributed by atoms with Crippen molar-refractivity contribution in [2.24, 2.45) is 0 Å². The summed E-state index contributed by atoms with van der Waals surface area (Å²) in [6.45, 7) is 3.69. The maximum Gasteiger partial charge on any atom is 0.256 e. The molecule has 0 unspecified atom stereocenters. The van der Waals surface area contributed by atoms with E-state index >= 15 is 0 Å². The van der Waals surface area contributed by atoms with Gasteiger partial charge >= 0.3 is 0 Å². The number of rotatable bonds is 2. The van der Waals surface area contributed by atoms with Gasteiger partial charge in [0.05, 0.1) is 5.56 Å². The van der Waals surface area contributed by atoms with Crippen molar-refractivity contribution in [3.8, 4) is 11.8 Å². The van der Waals surface area contributed by atoms with Crippen LogP contribution in [0.5, 0.6) is 0 Å². The Morgan fingerprint density at radius 1 is 1.10 bits per heavy atom. The van der Waals surface area contributed by atoms with Crippen molar-refractivity contribution in [1.82, 2.24) is 0 Å². The standard InChI is InChI=1S/C18H17NO2/c1-13-7-5-8-14(2)17(13)19-18(21)16-11-4-3-9-15(16)10-6-12-20/h3-5,7-9,11,20H,12H2,1-2H3,(H,19,21). The second-order valence-corrected chi connectivity index (χ2v) is 4.73. The predicted octanol–water partition coefficient (Wildman–Crippen LogP) is 2.90. The van der Waals surface area contributed by atoms with E-state index < -0.39 is 0 Å². The normalized spacial score (nSPS) is 9.67. The Bertz CT molecular complexity index is 703. The van der Waals surface area contributed by atoms with Crippen LogP contribution in [0.4, 0.5) is 5.69 Å². The molecule has 0 spiro atoms. The SMILES string of the molecule is Cc1cccc(C)c1NC(=O)c1ccccc1C#CCO. The van der Waals surface area contributed by atoms with Gasteiger partial charge in [0, 0.05) is 11.3 Å². The first kappa shape index (κ1) is 14.8. The summed E-state index contributed by atoms with van der Waals surface area (Å²) >= 11 is 0. The zero-order valence-corrected chi connectivity index (χ0v) is 12.1. The third kappa shape index (κ3) is 3.50. The molecule has 21 heavy (non-hydrogen) atoms. The Kier molecular flexibility index (Phi) is 4.76. The van der Waals surface area contributed by atoms with Crippen LogP contribution in [0.1, 0.15) is 27.0 Å². The Labute approximate surface area is 124 Å². The van der Waals surface area contributed by atoms with Crippen LogP contribution in [0.25, 0.3) is 0 Å². The fourth-order valence-electron chi connectivity index (χ4n) is 2.12. The van der Waals surface area contributed by atoms with Gasteiger partial charge in [-0.2, -0.15) is 0 Å². The topological polar surface area (TPSA) is 49.3 Å². The Balaban J connectivity index is 2.33. The Morgan fingerprint density at radius 2 is 1.76 bits per heavy atom. The van der Waals surface area contributed by atoms with E-state index in [2.05, 4.69) is 17.2 Å². The molecular formula is C18H17NO2. The molecule has 0 radical (unpaired) electrons. The molecule has 3 nitrogen and oxygen atoms in total. The smallest absolute Gasteiger partial charge is 0.256 e. The van der Waals surface area contributed by atoms with Gasteiger partial charge in [0.2, 0.25) is 0 Å². The van der Waals surface area contributed by atoms with Crippen LogP contribution in [-0.2, 0) is 0 Å². The first-order valence-electron chi connectivity index (χ1n) is 6.70. The van der Waals surface area contributed by atoms with Crippen LogP contribution in [0.2, 0.25) is 0 Å². The van der Waals surface area contributed by atoms with Gasteiger partial charge in [0.25, 0.3) is 5.91 Å². The number of anilines is 1. The van der Waals surface area contributed by atoms with Crippen LogP contribution in [0.3, 0.4) is 0 Å². The number of hydrogen-bond acceptors (Lipinski definition) is 2. The molecule has 0 aromatic heterocycles. The molecule has 2 aromatic carbocycles. The minimum absolute atomic E-state index is 0.199. The van der Waals surface area contributed by atoms with Crippen LogP contribution in [0.15, 0.2) is 42.5 Å². The molecule has 0 saturated heterocycles. The highest BCUT2D eigenvalue weighted by molar-refractivity contribution is 6.06. The molecule has 0 aliphatic heterocycles. The van der Waals surface area contributed by atoms with Crippen LogP contribution >= 0.6 is 0 Å². The predicted molar refractivity (Wildman–Crippen MR) is 84.3 cm³/mol. The Morgan fingerprint density at radius 3 is 2.43 bits per heavy atom. The quantitative estimate of drug-likeness (QED) is 0.830. The highest BCUT2D eigenvalue weighted by atomic mass is 16.2. The first-order chi connectivity index (χ1) is 10.1. The summed E-state index contributed by atoms with van der Waals surface area (Å²) in [6.07, 6.45) is 0. The van der Waals surface area contributed by atoms with E-state index in [0.717, 1.165) is 16.8 Å². The monoisotopic (exact) mass is 279 g/mol. The van der Waals surface area contributed by atoms with E-state index in [9.17, 15) is 4.79 Å². The zero-order valence-electron chi connectivity index (χ0n) is 12.1. The van der Waals surface area contributed by atoms with Gasteiger partial charge in [-0.05, 0) is 37.1 Å². The van der Waals surface area contributed by atoms with Crippen molar-refractivity contribution in [1.29, 1.82) is 0 Å². The number of aliphatic hydroxyl groups excluding tert-OH is 1. The fraction of sp³-hybridized carbons (Fsp3) is 0.167. The lowest BCUT2D eigenvalue weighted by Gasteiger charge is -2.12. The number of aliphatic hydroxyl groups is 1. The van der Waals surface area contributed by atoms with Crippen molar-refractivity contribution in [2.75, 3.05) is 11.9 Å². The van der Waals surface area contributed by atoms with E-state index in [1.807, 2.05) is 38.1 Å². The summed E-state index contributed by atoms with van der Waals surface area (Å²) in [7, 11) is 0. The van der Waals surface area contributed by atoms with E-state index in [1.165, 1.54) is 0 Å². The van der Waals surface area contributed by atoms with Crippen molar-refractivity contribution in [3.63, 3.8) is 0 Å². The summed E-state index contributed by atoms with van der Waals surface area (Å²) in [6, 6.07) is 13.0. The largest absolute Gasteiger partial charge is 0.384 e. The van der Waals surface area contributed by atoms with Gasteiger partial charge in [0.15, 0.2) is 0 Å². The van der Waals surface area contributed by atoms with E-state index in [-0.39, 0.29) is 12.5 Å². The lowest BCUT2D eigenvalue weighted by Crippen LogP contribution is -2.15. The minimum Gasteiger partial charge on any atom is -0.384 e. The highest BCUT2D eigenvalue weighted by Crippen LogP contribution is 2.21. The minimum atomic E-state index is -0.229. The van der Waals surface area contributed by atoms with E-state index in [1.54, 1.807) is 18.2 Å². The zero-order chi connectivity index (χ0) is 15.2. The third-order valence-corrected chi connectivity index (χ3v) is 3.19. The molecule has 0 fully saturated rings. The second kappa shape index (κ2) is 6.74. The van der Waals surface area contributed by atoms with Gasteiger partial charge in [-0.1, -0.05) is 42.2 Å². The molecule has 3 heteroatoms. The van der Waals surface area contributed by atoms with Crippen molar-refractivity contribution in [3.05, 3.63) is 64.7 Å². The number of para-hydroxylation sites is 1. The second-order valence-electron chi connectivity index (χ2n) is 4.73. The molecule has 0 aliphatic rings. The van der Waals surface area contributed by atoms with Crippen molar-refractivity contribution < 1.29 is 9.90 Å². The van der Waals surface area contributed by atoms with E-state index in [0.29, 0.717) is 11.1 Å². The number of carbonyl (C=O) groups is 1. The van der Waals surface area contributed by atoms with Gasteiger partial charge in [0.1, 0.15) is 6.61 Å². The van der Waals surface area contributed by atoms with Crippen LogP contribution < -0.4 is 5.32 Å². The molecule has 106 valence electrons. The van der Waals surface area contributed by atoms with Gasteiger partial charge in [-0.15, -0.1) is 0 Å². The third-order valence-electron chi connectivity index (χ3n) is 3.19. The molecule has 0 aliphatic carbocycles. The van der Waals surface area contributed by atoms with Crippen LogP contribution in [-0.4, -0.2) is 17.6 Å². The summed E-state index contributed by atoms with van der Waals surface area (Å²) in [5, 5.41) is 11.7. The molecule has 0 heterocycles. The summed E-state index contributed by atoms with van der Waals surface area (Å²) < 4.78 is 0.